The Morgan fingerprint density at radius 3 is 1.96 bits per heavy atom. The van der Waals surface area contributed by atoms with Gasteiger partial charge in [-0.3, -0.25) is 14.5 Å². The molecule has 0 aromatic heterocycles. The molecule has 1 heterocycles. The minimum atomic E-state index is -0.657. The summed E-state index contributed by atoms with van der Waals surface area (Å²) in [6.07, 6.45) is 4.03. The second-order valence-corrected chi connectivity index (χ2v) is 13.2. The summed E-state index contributed by atoms with van der Waals surface area (Å²) in [5, 5.41) is 14.5. The van der Waals surface area contributed by atoms with E-state index in [-0.39, 0.29) is 29.6 Å². The van der Waals surface area contributed by atoms with Crippen molar-refractivity contribution in [3.8, 4) is 0 Å². The summed E-state index contributed by atoms with van der Waals surface area (Å²) in [7, 11) is 0. The molecule has 2 unspecified atom stereocenters. The summed E-state index contributed by atoms with van der Waals surface area (Å²) in [5.74, 6) is -1.01. The largest absolute Gasteiger partial charge is 0.393 e. The number of rotatable bonds is 12. The fourth-order valence-corrected chi connectivity index (χ4v) is 6.60. The Morgan fingerprint density at radius 1 is 0.875 bits per heavy atom. The number of ether oxygens (including phenoxy) is 1. The van der Waals surface area contributed by atoms with E-state index >= 15 is 0 Å². The molecule has 0 bridgehead atoms. The zero-order valence-corrected chi connectivity index (χ0v) is 28.5. The smallest absolute Gasteiger partial charge is 0.331 e. The molecule has 5 rings (SSSR count). The molecule has 2 fully saturated rings. The number of hydrogen-bond donors (Lipinski definition) is 1. The minimum Gasteiger partial charge on any atom is -0.393 e. The van der Waals surface area contributed by atoms with E-state index in [0.717, 1.165) is 55.8 Å². The van der Waals surface area contributed by atoms with Crippen molar-refractivity contribution in [3.63, 3.8) is 0 Å². The van der Waals surface area contributed by atoms with E-state index in [4.69, 9.17) is 9.57 Å². The van der Waals surface area contributed by atoms with Gasteiger partial charge in [-0.25, -0.2) is 4.79 Å². The van der Waals surface area contributed by atoms with Crippen molar-refractivity contribution in [1.82, 2.24) is 4.90 Å². The predicted molar refractivity (Wildman–Crippen MR) is 187 cm³/mol. The standard InChI is InChI=1S/C39H47N3O6/c1-5-28-10-16-32(17-11-28)42(34-20-14-30(15-21-34)38(46)39(3,4)41-22-24-47-25-23-41)33-18-12-29(13-19-33)37(45)35(40-48-27(2)43)26-31-8-6-7-9-36(31)44/h10-21,31,36,44H,5-9,22-26H2,1-4H3/b40-35+. The van der Waals surface area contributed by atoms with Crippen LogP contribution >= 0.6 is 0 Å². The maximum atomic E-state index is 13.7. The number of Topliss-reactive ketones (excluding diaryl/α,β-unsaturated/α-hetero) is 2. The highest BCUT2D eigenvalue weighted by Crippen LogP contribution is 2.36. The van der Waals surface area contributed by atoms with Crippen LogP contribution in [0, 0.1) is 5.92 Å². The SMILES string of the molecule is CCc1ccc(N(c2ccc(C(=O)/C(CC3CCCCC3O)=N/OC(C)=O)cc2)c2ccc(C(=O)C(C)(C)N3CCOCC3)cc2)cc1. The molecule has 3 aromatic carbocycles. The van der Waals surface area contributed by atoms with Gasteiger partial charge in [-0.15, -0.1) is 0 Å². The molecule has 2 aliphatic rings. The number of morpholine rings is 1. The number of aliphatic hydroxyl groups excluding tert-OH is 1. The van der Waals surface area contributed by atoms with Gasteiger partial charge in [-0.1, -0.05) is 37.1 Å². The number of anilines is 3. The lowest BCUT2D eigenvalue weighted by molar-refractivity contribution is -0.140. The predicted octanol–water partition coefficient (Wildman–Crippen LogP) is 7.06. The van der Waals surface area contributed by atoms with Crippen molar-refractivity contribution in [2.24, 2.45) is 11.1 Å². The molecule has 9 heteroatoms. The summed E-state index contributed by atoms with van der Waals surface area (Å²) in [5.41, 5.74) is 4.35. The molecule has 3 aromatic rings. The second-order valence-electron chi connectivity index (χ2n) is 13.2. The van der Waals surface area contributed by atoms with Gasteiger partial charge >= 0.3 is 5.97 Å². The van der Waals surface area contributed by atoms with Crippen LogP contribution in [0.3, 0.4) is 0 Å². The monoisotopic (exact) mass is 653 g/mol. The van der Waals surface area contributed by atoms with E-state index in [0.29, 0.717) is 30.8 Å². The number of nitrogens with zero attached hydrogens (tertiary/aromatic N) is 3. The Morgan fingerprint density at radius 2 is 1.42 bits per heavy atom. The third-order valence-corrected chi connectivity index (χ3v) is 9.61. The van der Waals surface area contributed by atoms with Crippen LogP contribution in [0.15, 0.2) is 78.0 Å². The molecule has 1 aliphatic carbocycles. The van der Waals surface area contributed by atoms with Crippen molar-refractivity contribution in [1.29, 1.82) is 0 Å². The quantitative estimate of drug-likeness (QED) is 0.0959. The number of aryl methyl sites for hydroxylation is 1. The van der Waals surface area contributed by atoms with Gasteiger partial charge in [0.25, 0.3) is 0 Å². The topological polar surface area (TPSA) is 109 Å². The third kappa shape index (κ3) is 8.27. The molecule has 9 nitrogen and oxygen atoms in total. The minimum absolute atomic E-state index is 0.0598. The van der Waals surface area contributed by atoms with Crippen molar-refractivity contribution >= 4 is 40.3 Å². The van der Waals surface area contributed by atoms with Crippen LogP contribution in [0.25, 0.3) is 0 Å². The normalized spacial score (nSPS) is 19.1. The molecule has 0 amide bonds. The van der Waals surface area contributed by atoms with E-state index in [9.17, 15) is 19.5 Å². The van der Waals surface area contributed by atoms with Crippen LogP contribution in [0.5, 0.6) is 0 Å². The van der Waals surface area contributed by atoms with Gasteiger partial charge in [0, 0.05) is 54.6 Å². The molecule has 1 N–H and O–H groups in total. The van der Waals surface area contributed by atoms with Gasteiger partial charge in [0.2, 0.25) is 5.78 Å². The van der Waals surface area contributed by atoms with E-state index in [1.54, 1.807) is 12.1 Å². The van der Waals surface area contributed by atoms with Gasteiger partial charge in [0.15, 0.2) is 5.78 Å². The average molecular weight is 654 g/mol. The Kier molecular flexibility index (Phi) is 11.6. The Hall–Kier alpha value is -4.18. The summed E-state index contributed by atoms with van der Waals surface area (Å²) in [6.45, 7) is 9.98. The molecule has 1 saturated heterocycles. The first kappa shape index (κ1) is 35.1. The molecular formula is C39H47N3O6. The van der Waals surface area contributed by atoms with E-state index in [1.807, 2.05) is 50.2 Å². The highest BCUT2D eigenvalue weighted by atomic mass is 16.7. The van der Waals surface area contributed by atoms with Gasteiger partial charge < -0.3 is 19.6 Å². The Labute approximate surface area is 283 Å². The number of carbonyl (C=O) groups excluding carboxylic acids is 3. The van der Waals surface area contributed by atoms with E-state index in [1.165, 1.54) is 12.5 Å². The number of oxime groups is 1. The number of hydrogen-bond acceptors (Lipinski definition) is 9. The highest BCUT2D eigenvalue weighted by molar-refractivity contribution is 6.46. The van der Waals surface area contributed by atoms with Gasteiger partial charge in [-0.2, -0.15) is 0 Å². The maximum absolute atomic E-state index is 13.7. The molecule has 0 spiro atoms. The third-order valence-electron chi connectivity index (χ3n) is 9.61. The first-order valence-electron chi connectivity index (χ1n) is 17.0. The Bertz CT molecular complexity index is 1590. The van der Waals surface area contributed by atoms with Crippen molar-refractivity contribution in [2.75, 3.05) is 31.2 Å². The molecule has 48 heavy (non-hydrogen) atoms. The van der Waals surface area contributed by atoms with Crippen LogP contribution in [0.2, 0.25) is 0 Å². The first-order chi connectivity index (χ1) is 23.1. The van der Waals surface area contributed by atoms with Crippen LogP contribution in [-0.2, 0) is 20.8 Å². The van der Waals surface area contributed by atoms with E-state index in [2.05, 4.69) is 46.1 Å². The average Bonchev–Trinajstić information content (AvgIpc) is 3.11. The highest BCUT2D eigenvalue weighted by Gasteiger charge is 2.36. The van der Waals surface area contributed by atoms with Crippen LogP contribution in [0.4, 0.5) is 17.1 Å². The Balaban J connectivity index is 1.43. The summed E-state index contributed by atoms with van der Waals surface area (Å²) in [6, 6.07) is 23.2. The van der Waals surface area contributed by atoms with Gasteiger partial charge in [0.05, 0.1) is 24.9 Å². The second kappa shape index (κ2) is 15.8. The van der Waals surface area contributed by atoms with Gasteiger partial charge in [0.1, 0.15) is 5.71 Å². The zero-order chi connectivity index (χ0) is 34.3. The zero-order valence-electron chi connectivity index (χ0n) is 28.5. The molecule has 2 atom stereocenters. The lowest BCUT2D eigenvalue weighted by Crippen LogP contribution is -2.54. The summed E-state index contributed by atoms with van der Waals surface area (Å²) >= 11 is 0. The number of carbonyl (C=O) groups is 3. The summed E-state index contributed by atoms with van der Waals surface area (Å²) < 4.78 is 5.50. The van der Waals surface area contributed by atoms with Crippen molar-refractivity contribution < 1.29 is 29.1 Å². The molecular weight excluding hydrogens is 606 g/mol. The van der Waals surface area contributed by atoms with Crippen LogP contribution in [0.1, 0.15) is 86.1 Å². The fraction of sp³-hybridized carbons (Fsp3) is 0.436. The summed E-state index contributed by atoms with van der Waals surface area (Å²) in [4.78, 5) is 48.1. The van der Waals surface area contributed by atoms with E-state index < -0.39 is 17.6 Å². The fourth-order valence-electron chi connectivity index (χ4n) is 6.60. The van der Waals surface area contributed by atoms with Crippen LogP contribution in [-0.4, -0.2) is 71.2 Å². The molecule has 1 aliphatic heterocycles. The lowest BCUT2D eigenvalue weighted by Gasteiger charge is -2.39. The number of ketones is 2. The number of benzene rings is 3. The van der Waals surface area contributed by atoms with Crippen LogP contribution < -0.4 is 4.90 Å². The van der Waals surface area contributed by atoms with Crippen molar-refractivity contribution in [3.05, 3.63) is 89.5 Å². The van der Waals surface area contributed by atoms with Crippen molar-refractivity contribution in [2.45, 2.75) is 77.9 Å². The van der Waals surface area contributed by atoms with Gasteiger partial charge in [-0.05, 0) is 105 Å². The first-order valence-corrected chi connectivity index (χ1v) is 17.0. The lowest BCUT2D eigenvalue weighted by atomic mass is 9.82. The number of aliphatic hydroxyl groups is 1. The maximum Gasteiger partial charge on any atom is 0.331 e. The molecule has 254 valence electrons. The molecule has 0 radical (unpaired) electrons. The molecule has 1 saturated carbocycles.